The van der Waals surface area contributed by atoms with Crippen LogP contribution in [0, 0.1) is 13.8 Å². The Labute approximate surface area is 111 Å². The minimum atomic E-state index is 0.742. The number of hydrogen-bond donors (Lipinski definition) is 2. The zero-order valence-electron chi connectivity index (χ0n) is 11.8. The summed E-state index contributed by atoms with van der Waals surface area (Å²) in [6.45, 7) is 7.67. The van der Waals surface area contributed by atoms with Gasteiger partial charge in [0, 0.05) is 12.6 Å². The highest BCUT2D eigenvalue weighted by atomic mass is 14.9. The molecule has 0 radical (unpaired) electrons. The molecule has 2 N–H and O–H groups in total. The van der Waals surface area contributed by atoms with Crippen molar-refractivity contribution in [2.45, 2.75) is 52.1 Å². The minimum absolute atomic E-state index is 0.742. The van der Waals surface area contributed by atoms with Crippen LogP contribution in [-0.2, 0) is 6.54 Å². The van der Waals surface area contributed by atoms with Crippen molar-refractivity contribution in [3.8, 4) is 0 Å². The van der Waals surface area contributed by atoms with Crippen LogP contribution in [0.1, 0.15) is 42.4 Å². The molecule has 0 amide bonds. The number of hydrogen-bond acceptors (Lipinski definition) is 2. The summed E-state index contributed by atoms with van der Waals surface area (Å²) in [6.07, 6.45) is 5.36. The van der Waals surface area contributed by atoms with Crippen LogP contribution in [0.25, 0.3) is 0 Å². The van der Waals surface area contributed by atoms with Crippen LogP contribution in [0.5, 0.6) is 0 Å². The molecule has 1 unspecified atom stereocenters. The van der Waals surface area contributed by atoms with E-state index in [0.29, 0.717) is 0 Å². The smallest absolute Gasteiger partial charge is 0.0205 e. The van der Waals surface area contributed by atoms with Gasteiger partial charge in [-0.3, -0.25) is 0 Å². The maximum absolute atomic E-state index is 3.59. The van der Waals surface area contributed by atoms with Crippen molar-refractivity contribution in [1.29, 1.82) is 0 Å². The van der Waals surface area contributed by atoms with Crippen molar-refractivity contribution in [3.63, 3.8) is 0 Å². The molecule has 1 saturated heterocycles. The highest BCUT2D eigenvalue weighted by molar-refractivity contribution is 5.29. The van der Waals surface area contributed by atoms with Crippen molar-refractivity contribution in [2.75, 3.05) is 13.1 Å². The number of benzene rings is 1. The third-order valence-corrected chi connectivity index (χ3v) is 3.98. The van der Waals surface area contributed by atoms with Crippen molar-refractivity contribution in [2.24, 2.45) is 0 Å². The lowest BCUT2D eigenvalue weighted by molar-refractivity contribution is 0.376. The first-order valence-corrected chi connectivity index (χ1v) is 7.26. The van der Waals surface area contributed by atoms with Crippen LogP contribution in [0.15, 0.2) is 18.2 Å². The molecule has 0 saturated carbocycles. The molecule has 0 aromatic heterocycles. The van der Waals surface area contributed by atoms with Gasteiger partial charge in [-0.15, -0.1) is 0 Å². The zero-order valence-corrected chi connectivity index (χ0v) is 11.8. The fraction of sp³-hybridized carbons (Fsp3) is 0.625. The van der Waals surface area contributed by atoms with E-state index in [2.05, 4.69) is 42.7 Å². The maximum Gasteiger partial charge on any atom is 0.0205 e. The summed E-state index contributed by atoms with van der Waals surface area (Å²) in [7, 11) is 0. The molecule has 1 aromatic rings. The van der Waals surface area contributed by atoms with Gasteiger partial charge in [-0.05, 0) is 62.9 Å². The summed E-state index contributed by atoms with van der Waals surface area (Å²) < 4.78 is 0. The lowest BCUT2D eigenvalue weighted by Gasteiger charge is -2.23. The Morgan fingerprint density at radius 3 is 2.83 bits per heavy atom. The quantitative estimate of drug-likeness (QED) is 0.781. The second kappa shape index (κ2) is 6.91. The van der Waals surface area contributed by atoms with Gasteiger partial charge in [0.15, 0.2) is 0 Å². The van der Waals surface area contributed by atoms with E-state index in [9.17, 15) is 0 Å². The maximum atomic E-state index is 3.59. The van der Waals surface area contributed by atoms with E-state index >= 15 is 0 Å². The standard InChI is InChI=1S/C16H26N2/c1-13-6-7-15(11-14(13)2)12-17-10-8-16-5-3-4-9-18-16/h6-7,11,16-18H,3-5,8-10,12H2,1-2H3. The predicted octanol–water partition coefficient (Wildman–Crippen LogP) is 2.93. The largest absolute Gasteiger partial charge is 0.314 e. The molecule has 0 bridgehead atoms. The van der Waals surface area contributed by atoms with Gasteiger partial charge in [-0.1, -0.05) is 24.6 Å². The fourth-order valence-electron chi connectivity index (χ4n) is 2.59. The lowest BCUT2D eigenvalue weighted by atomic mass is 10.0. The SMILES string of the molecule is Cc1ccc(CNCCC2CCCCN2)cc1C. The summed E-state index contributed by atoms with van der Waals surface area (Å²) in [5, 5.41) is 7.15. The third kappa shape index (κ3) is 4.11. The second-order valence-corrected chi connectivity index (χ2v) is 5.53. The number of aryl methyl sites for hydroxylation is 2. The molecule has 0 spiro atoms. The molecule has 1 atom stereocenters. The average Bonchev–Trinajstić information content (AvgIpc) is 2.40. The van der Waals surface area contributed by atoms with Crippen LogP contribution < -0.4 is 10.6 Å². The van der Waals surface area contributed by atoms with Crippen molar-refractivity contribution >= 4 is 0 Å². The summed E-state index contributed by atoms with van der Waals surface area (Å²) in [5.74, 6) is 0. The molecule has 1 aliphatic rings. The Hall–Kier alpha value is -0.860. The molecule has 1 heterocycles. The predicted molar refractivity (Wildman–Crippen MR) is 77.9 cm³/mol. The third-order valence-electron chi connectivity index (χ3n) is 3.98. The Kier molecular flexibility index (Phi) is 5.21. The second-order valence-electron chi connectivity index (χ2n) is 5.53. The molecule has 1 fully saturated rings. The lowest BCUT2D eigenvalue weighted by Crippen LogP contribution is -2.36. The van der Waals surface area contributed by atoms with Crippen LogP contribution in [0.2, 0.25) is 0 Å². The topological polar surface area (TPSA) is 24.1 Å². The van der Waals surface area contributed by atoms with Gasteiger partial charge in [0.1, 0.15) is 0 Å². The van der Waals surface area contributed by atoms with E-state index in [1.54, 1.807) is 0 Å². The van der Waals surface area contributed by atoms with E-state index in [4.69, 9.17) is 0 Å². The molecular weight excluding hydrogens is 220 g/mol. The van der Waals surface area contributed by atoms with Gasteiger partial charge in [-0.2, -0.15) is 0 Å². The number of rotatable bonds is 5. The first-order valence-electron chi connectivity index (χ1n) is 7.26. The molecule has 18 heavy (non-hydrogen) atoms. The van der Waals surface area contributed by atoms with Crippen LogP contribution in [0.4, 0.5) is 0 Å². The molecular formula is C16H26N2. The van der Waals surface area contributed by atoms with E-state index in [-0.39, 0.29) is 0 Å². The van der Waals surface area contributed by atoms with Crippen molar-refractivity contribution < 1.29 is 0 Å². The van der Waals surface area contributed by atoms with Gasteiger partial charge in [0.2, 0.25) is 0 Å². The van der Waals surface area contributed by atoms with Crippen molar-refractivity contribution in [1.82, 2.24) is 10.6 Å². The van der Waals surface area contributed by atoms with Gasteiger partial charge in [0.25, 0.3) is 0 Å². The monoisotopic (exact) mass is 246 g/mol. The normalized spacial score (nSPS) is 20.0. The van der Waals surface area contributed by atoms with Gasteiger partial charge in [-0.25, -0.2) is 0 Å². The Balaban J connectivity index is 1.66. The van der Waals surface area contributed by atoms with Crippen LogP contribution in [0.3, 0.4) is 0 Å². The van der Waals surface area contributed by atoms with Gasteiger partial charge >= 0.3 is 0 Å². The summed E-state index contributed by atoms with van der Waals surface area (Å²) >= 11 is 0. The van der Waals surface area contributed by atoms with E-state index < -0.39 is 0 Å². The highest BCUT2D eigenvalue weighted by Crippen LogP contribution is 2.11. The van der Waals surface area contributed by atoms with E-state index in [0.717, 1.165) is 19.1 Å². The summed E-state index contributed by atoms with van der Waals surface area (Å²) in [5.41, 5.74) is 4.17. The molecule has 1 aliphatic heterocycles. The number of nitrogens with one attached hydrogen (secondary N) is 2. The molecule has 2 rings (SSSR count). The zero-order chi connectivity index (χ0) is 12.8. The van der Waals surface area contributed by atoms with E-state index in [1.165, 1.54) is 48.9 Å². The van der Waals surface area contributed by atoms with Gasteiger partial charge in [0.05, 0.1) is 0 Å². The Morgan fingerprint density at radius 1 is 1.22 bits per heavy atom. The summed E-state index contributed by atoms with van der Waals surface area (Å²) in [4.78, 5) is 0. The molecule has 100 valence electrons. The Bertz CT molecular complexity index is 367. The average molecular weight is 246 g/mol. The molecule has 2 nitrogen and oxygen atoms in total. The summed E-state index contributed by atoms with van der Waals surface area (Å²) in [6, 6.07) is 7.48. The van der Waals surface area contributed by atoms with Gasteiger partial charge < -0.3 is 10.6 Å². The van der Waals surface area contributed by atoms with Crippen LogP contribution >= 0.6 is 0 Å². The first kappa shape index (κ1) is 13.6. The van der Waals surface area contributed by atoms with Crippen LogP contribution in [-0.4, -0.2) is 19.1 Å². The highest BCUT2D eigenvalue weighted by Gasteiger charge is 2.11. The Morgan fingerprint density at radius 2 is 2.11 bits per heavy atom. The molecule has 0 aliphatic carbocycles. The minimum Gasteiger partial charge on any atom is -0.314 e. The van der Waals surface area contributed by atoms with Crippen molar-refractivity contribution in [3.05, 3.63) is 34.9 Å². The first-order chi connectivity index (χ1) is 8.75. The molecule has 2 heteroatoms. The van der Waals surface area contributed by atoms with E-state index in [1.807, 2.05) is 0 Å². The number of piperidine rings is 1. The fourth-order valence-corrected chi connectivity index (χ4v) is 2.59. The molecule has 1 aromatic carbocycles.